The summed E-state index contributed by atoms with van der Waals surface area (Å²) < 4.78 is 0. The molecule has 1 atom stereocenters. The Morgan fingerprint density at radius 2 is 1.90 bits per heavy atom. The van der Waals surface area contributed by atoms with Gasteiger partial charge in [0.25, 0.3) is 5.91 Å². The van der Waals surface area contributed by atoms with Crippen LogP contribution in [0.3, 0.4) is 0 Å². The first-order valence-corrected chi connectivity index (χ1v) is 7.43. The monoisotopic (exact) mass is 288 g/mol. The molecule has 1 N–H and O–H groups in total. The molecule has 1 saturated heterocycles. The Morgan fingerprint density at radius 3 is 2.52 bits per heavy atom. The summed E-state index contributed by atoms with van der Waals surface area (Å²) in [6.07, 6.45) is 0.654. The van der Waals surface area contributed by atoms with Crippen molar-refractivity contribution < 1.29 is 9.59 Å². The number of carbonyl (C=O) groups is 2. The van der Waals surface area contributed by atoms with Gasteiger partial charge in [0.15, 0.2) is 0 Å². The summed E-state index contributed by atoms with van der Waals surface area (Å²) in [6.45, 7) is 10.3. The summed E-state index contributed by atoms with van der Waals surface area (Å²) in [4.78, 5) is 26.1. The summed E-state index contributed by atoms with van der Waals surface area (Å²) in [5.41, 5.74) is 2.47. The maximum atomic E-state index is 12.6. The van der Waals surface area contributed by atoms with Crippen LogP contribution in [-0.4, -0.2) is 22.4 Å². The first-order valence-electron chi connectivity index (χ1n) is 7.43. The van der Waals surface area contributed by atoms with Crippen LogP contribution < -0.4 is 5.32 Å². The van der Waals surface area contributed by atoms with Crippen LogP contribution in [0.2, 0.25) is 0 Å². The van der Waals surface area contributed by atoms with Crippen molar-refractivity contribution in [1.29, 1.82) is 0 Å². The molecule has 4 heteroatoms. The lowest BCUT2D eigenvalue weighted by Gasteiger charge is -2.23. The van der Waals surface area contributed by atoms with Gasteiger partial charge in [-0.3, -0.25) is 9.69 Å². The van der Waals surface area contributed by atoms with Gasteiger partial charge >= 0.3 is 6.03 Å². The third kappa shape index (κ3) is 3.09. The van der Waals surface area contributed by atoms with Gasteiger partial charge < -0.3 is 5.32 Å². The zero-order valence-corrected chi connectivity index (χ0v) is 13.5. The summed E-state index contributed by atoms with van der Waals surface area (Å²) in [5.74, 6) is 0.224. The standard InChI is InChI=1S/C17H24N2O2/c1-11(2)9-17(5)15(20)19(16(21)18-17)10-14-8-12(3)6-7-13(14)4/h6-8,11H,9-10H2,1-5H3,(H,18,21). The van der Waals surface area contributed by atoms with E-state index in [1.165, 1.54) is 4.90 Å². The molecule has 114 valence electrons. The summed E-state index contributed by atoms with van der Waals surface area (Å²) in [7, 11) is 0. The normalized spacial score (nSPS) is 22.1. The molecule has 1 aromatic rings. The van der Waals surface area contributed by atoms with Gasteiger partial charge in [0.2, 0.25) is 0 Å². The lowest BCUT2D eigenvalue weighted by molar-refractivity contribution is -0.131. The van der Waals surface area contributed by atoms with Crippen LogP contribution >= 0.6 is 0 Å². The summed E-state index contributed by atoms with van der Waals surface area (Å²) >= 11 is 0. The van der Waals surface area contributed by atoms with Gasteiger partial charge in [0, 0.05) is 0 Å². The molecule has 0 aromatic heterocycles. The minimum absolute atomic E-state index is 0.123. The van der Waals surface area contributed by atoms with Crippen molar-refractivity contribution in [2.45, 2.75) is 53.1 Å². The second-order valence-corrected chi connectivity index (χ2v) is 6.68. The van der Waals surface area contributed by atoms with E-state index < -0.39 is 5.54 Å². The third-order valence-corrected chi connectivity index (χ3v) is 3.99. The van der Waals surface area contributed by atoms with Gasteiger partial charge in [-0.1, -0.05) is 37.6 Å². The topological polar surface area (TPSA) is 49.4 Å². The number of nitrogens with one attached hydrogen (secondary N) is 1. The Bertz CT molecular complexity index is 580. The Kier molecular flexibility index (Phi) is 4.08. The number of benzene rings is 1. The van der Waals surface area contributed by atoms with E-state index in [1.54, 1.807) is 0 Å². The van der Waals surface area contributed by atoms with Crippen LogP contribution in [0.5, 0.6) is 0 Å². The van der Waals surface area contributed by atoms with Gasteiger partial charge in [0.1, 0.15) is 5.54 Å². The number of nitrogens with zero attached hydrogens (tertiary/aromatic N) is 1. The lowest BCUT2D eigenvalue weighted by atomic mass is 9.91. The van der Waals surface area contributed by atoms with Crippen molar-refractivity contribution in [1.82, 2.24) is 10.2 Å². The molecular formula is C17H24N2O2. The molecule has 1 aliphatic heterocycles. The molecule has 1 unspecified atom stereocenters. The van der Waals surface area contributed by atoms with Crippen molar-refractivity contribution in [2.24, 2.45) is 5.92 Å². The lowest BCUT2D eigenvalue weighted by Crippen LogP contribution is -2.44. The average Bonchev–Trinajstić information content (AvgIpc) is 2.56. The minimum atomic E-state index is -0.775. The first kappa shape index (κ1) is 15.5. The van der Waals surface area contributed by atoms with E-state index in [0.717, 1.165) is 16.7 Å². The zero-order chi connectivity index (χ0) is 15.8. The molecule has 4 nitrogen and oxygen atoms in total. The average molecular weight is 288 g/mol. The Balaban J connectivity index is 2.23. The molecule has 1 heterocycles. The van der Waals surface area contributed by atoms with Crippen LogP contribution in [0.15, 0.2) is 18.2 Å². The summed E-state index contributed by atoms with van der Waals surface area (Å²) in [6, 6.07) is 5.81. The molecule has 3 amide bonds. The maximum absolute atomic E-state index is 12.6. The minimum Gasteiger partial charge on any atom is -0.323 e. The molecule has 0 spiro atoms. The highest BCUT2D eigenvalue weighted by Crippen LogP contribution is 2.26. The number of imide groups is 1. The Morgan fingerprint density at radius 1 is 1.24 bits per heavy atom. The molecular weight excluding hydrogens is 264 g/mol. The smallest absolute Gasteiger partial charge is 0.323 e. The number of hydrogen-bond donors (Lipinski definition) is 1. The van der Waals surface area contributed by atoms with Crippen molar-refractivity contribution in [2.75, 3.05) is 0 Å². The Labute approximate surface area is 126 Å². The molecule has 0 aliphatic carbocycles. The van der Waals surface area contributed by atoms with Crippen LogP contribution in [0.25, 0.3) is 0 Å². The highest BCUT2D eigenvalue weighted by molar-refractivity contribution is 6.06. The van der Waals surface area contributed by atoms with Crippen molar-refractivity contribution in [3.05, 3.63) is 34.9 Å². The zero-order valence-electron chi connectivity index (χ0n) is 13.5. The second kappa shape index (κ2) is 5.51. The van der Waals surface area contributed by atoms with Crippen molar-refractivity contribution >= 4 is 11.9 Å². The molecule has 0 radical (unpaired) electrons. The molecule has 1 aliphatic rings. The van der Waals surface area contributed by atoms with Gasteiger partial charge in [-0.25, -0.2) is 4.79 Å². The predicted molar refractivity (Wildman–Crippen MR) is 82.9 cm³/mol. The molecule has 0 saturated carbocycles. The van der Waals surface area contributed by atoms with Gasteiger partial charge in [0.05, 0.1) is 6.54 Å². The number of aryl methyl sites for hydroxylation is 2. The summed E-state index contributed by atoms with van der Waals surface area (Å²) in [5, 5.41) is 2.85. The van der Waals surface area contributed by atoms with E-state index in [0.29, 0.717) is 18.9 Å². The van der Waals surface area contributed by atoms with Crippen molar-refractivity contribution in [3.63, 3.8) is 0 Å². The molecule has 21 heavy (non-hydrogen) atoms. The number of carbonyl (C=O) groups excluding carboxylic acids is 2. The van der Waals surface area contributed by atoms with E-state index >= 15 is 0 Å². The predicted octanol–water partition coefficient (Wildman–Crippen LogP) is 3.16. The SMILES string of the molecule is Cc1ccc(C)c(CN2C(=O)NC(C)(CC(C)C)C2=O)c1. The molecule has 0 bridgehead atoms. The molecule has 1 aromatic carbocycles. The van der Waals surface area contributed by atoms with Crippen LogP contribution in [0.4, 0.5) is 4.79 Å². The van der Waals surface area contributed by atoms with Gasteiger partial charge in [-0.05, 0) is 44.2 Å². The fraction of sp³-hybridized carbons (Fsp3) is 0.529. The number of amides is 3. The quantitative estimate of drug-likeness (QED) is 0.865. The van der Waals surface area contributed by atoms with Crippen LogP contribution in [0.1, 0.15) is 43.9 Å². The van der Waals surface area contributed by atoms with Gasteiger partial charge in [-0.15, -0.1) is 0 Å². The molecule has 2 rings (SSSR count). The second-order valence-electron chi connectivity index (χ2n) is 6.68. The van der Waals surface area contributed by atoms with E-state index in [4.69, 9.17) is 0 Å². The van der Waals surface area contributed by atoms with E-state index in [2.05, 4.69) is 19.2 Å². The number of hydrogen-bond acceptors (Lipinski definition) is 2. The van der Waals surface area contributed by atoms with E-state index in [1.807, 2.05) is 39.0 Å². The highest BCUT2D eigenvalue weighted by Gasteiger charge is 2.47. The van der Waals surface area contributed by atoms with Crippen molar-refractivity contribution in [3.8, 4) is 0 Å². The fourth-order valence-electron chi connectivity index (χ4n) is 2.99. The number of rotatable bonds is 4. The van der Waals surface area contributed by atoms with E-state index in [-0.39, 0.29) is 11.9 Å². The largest absolute Gasteiger partial charge is 0.325 e. The third-order valence-electron chi connectivity index (χ3n) is 3.99. The van der Waals surface area contributed by atoms with Crippen LogP contribution in [0, 0.1) is 19.8 Å². The maximum Gasteiger partial charge on any atom is 0.325 e. The fourth-order valence-corrected chi connectivity index (χ4v) is 2.99. The Hall–Kier alpha value is -1.84. The van der Waals surface area contributed by atoms with E-state index in [9.17, 15) is 9.59 Å². The first-order chi connectivity index (χ1) is 9.73. The number of urea groups is 1. The highest BCUT2D eigenvalue weighted by atomic mass is 16.2. The van der Waals surface area contributed by atoms with Crippen LogP contribution in [-0.2, 0) is 11.3 Å². The molecule has 1 fully saturated rings. The van der Waals surface area contributed by atoms with Gasteiger partial charge in [-0.2, -0.15) is 0 Å².